The maximum absolute atomic E-state index is 11.9. The fourth-order valence-corrected chi connectivity index (χ4v) is 2.34. The molecule has 2 rings (SSSR count). The van der Waals surface area contributed by atoms with Gasteiger partial charge in [-0.25, -0.2) is 13.6 Å². The van der Waals surface area contributed by atoms with Gasteiger partial charge in [-0.2, -0.15) is 0 Å². The van der Waals surface area contributed by atoms with Gasteiger partial charge in [-0.15, -0.1) is 0 Å². The molecule has 0 fully saturated rings. The third kappa shape index (κ3) is 4.01. The van der Waals surface area contributed by atoms with E-state index in [-0.39, 0.29) is 18.2 Å². The minimum Gasteiger partial charge on any atom is -0.352 e. The number of hydrogen-bond donors (Lipinski definition) is 2. The van der Waals surface area contributed by atoms with Crippen molar-refractivity contribution < 1.29 is 13.2 Å². The van der Waals surface area contributed by atoms with Crippen LogP contribution in [0, 0.1) is 0 Å². The molecule has 7 heteroatoms. The first-order chi connectivity index (χ1) is 9.46. The zero-order chi connectivity index (χ0) is 14.6. The molecule has 1 amide bonds. The number of nitrogens with zero attached hydrogens (tertiary/aromatic N) is 1. The Morgan fingerprint density at radius 1 is 1.30 bits per heavy atom. The van der Waals surface area contributed by atoms with Crippen LogP contribution < -0.4 is 10.5 Å². The van der Waals surface area contributed by atoms with Crippen molar-refractivity contribution in [3.63, 3.8) is 0 Å². The fraction of sp³-hybridized carbons (Fsp3) is 0.231. The zero-order valence-corrected chi connectivity index (χ0v) is 11.6. The number of benzene rings is 1. The van der Waals surface area contributed by atoms with Crippen LogP contribution in [0.5, 0.6) is 0 Å². The van der Waals surface area contributed by atoms with Crippen molar-refractivity contribution in [1.82, 2.24) is 10.3 Å². The molecule has 0 spiro atoms. The molecule has 0 aliphatic carbocycles. The van der Waals surface area contributed by atoms with E-state index in [2.05, 4.69) is 10.3 Å². The van der Waals surface area contributed by atoms with Crippen LogP contribution in [0.25, 0.3) is 10.9 Å². The quantitative estimate of drug-likeness (QED) is 0.790. The zero-order valence-electron chi connectivity index (χ0n) is 10.7. The van der Waals surface area contributed by atoms with E-state index in [0.29, 0.717) is 12.0 Å². The fourth-order valence-electron chi connectivity index (χ4n) is 1.79. The standard InChI is InChI=1S/C13H15N3O3S/c14-20(18,19)8-2-7-16-13(17)11-4-5-12-10(9-11)3-1-6-15-12/h1,3-6,9H,2,7-8H2,(H,16,17)(H2,14,18,19). The second kappa shape index (κ2) is 5.98. The summed E-state index contributed by atoms with van der Waals surface area (Å²) in [5.41, 5.74) is 1.33. The molecule has 0 saturated heterocycles. The van der Waals surface area contributed by atoms with E-state index in [4.69, 9.17) is 5.14 Å². The van der Waals surface area contributed by atoms with Gasteiger partial charge in [-0.1, -0.05) is 6.07 Å². The van der Waals surface area contributed by atoms with E-state index < -0.39 is 10.0 Å². The third-order valence-electron chi connectivity index (χ3n) is 2.76. The lowest BCUT2D eigenvalue weighted by Gasteiger charge is -2.05. The minimum atomic E-state index is -3.48. The molecule has 0 saturated carbocycles. The topological polar surface area (TPSA) is 102 Å². The number of nitrogens with two attached hydrogens (primary N) is 1. The summed E-state index contributed by atoms with van der Waals surface area (Å²) in [7, 11) is -3.48. The van der Waals surface area contributed by atoms with E-state index in [1.807, 2.05) is 6.07 Å². The Morgan fingerprint density at radius 3 is 2.85 bits per heavy atom. The maximum atomic E-state index is 11.9. The summed E-state index contributed by atoms with van der Waals surface area (Å²) >= 11 is 0. The van der Waals surface area contributed by atoms with Gasteiger partial charge >= 0.3 is 0 Å². The first-order valence-electron chi connectivity index (χ1n) is 6.09. The molecule has 0 aliphatic rings. The Balaban J connectivity index is 1.97. The largest absolute Gasteiger partial charge is 0.352 e. The SMILES string of the molecule is NS(=O)(=O)CCCNC(=O)c1ccc2ncccc2c1. The highest BCUT2D eigenvalue weighted by atomic mass is 32.2. The Kier molecular flexibility index (Phi) is 4.31. The molecular weight excluding hydrogens is 278 g/mol. The van der Waals surface area contributed by atoms with Crippen LogP contribution in [-0.2, 0) is 10.0 Å². The first kappa shape index (κ1) is 14.4. The highest BCUT2D eigenvalue weighted by Gasteiger charge is 2.07. The monoisotopic (exact) mass is 293 g/mol. The Morgan fingerprint density at radius 2 is 2.10 bits per heavy atom. The van der Waals surface area contributed by atoms with Gasteiger partial charge in [-0.3, -0.25) is 9.78 Å². The molecular formula is C13H15N3O3S. The summed E-state index contributed by atoms with van der Waals surface area (Å²) in [6.07, 6.45) is 1.98. The van der Waals surface area contributed by atoms with E-state index >= 15 is 0 Å². The predicted molar refractivity (Wildman–Crippen MR) is 76.7 cm³/mol. The van der Waals surface area contributed by atoms with Gasteiger partial charge in [-0.05, 0) is 30.7 Å². The average molecular weight is 293 g/mol. The summed E-state index contributed by atoms with van der Waals surface area (Å²) in [6, 6.07) is 8.88. The molecule has 20 heavy (non-hydrogen) atoms. The van der Waals surface area contributed by atoms with Crippen molar-refractivity contribution >= 4 is 26.8 Å². The number of amides is 1. The molecule has 0 radical (unpaired) electrons. The van der Waals surface area contributed by atoms with Gasteiger partial charge in [0.2, 0.25) is 10.0 Å². The van der Waals surface area contributed by atoms with Gasteiger partial charge in [0.25, 0.3) is 5.91 Å². The molecule has 2 aromatic rings. The molecule has 0 bridgehead atoms. The molecule has 1 aromatic carbocycles. The lowest BCUT2D eigenvalue weighted by atomic mass is 10.1. The molecule has 0 aliphatic heterocycles. The smallest absolute Gasteiger partial charge is 0.251 e. The molecule has 6 nitrogen and oxygen atoms in total. The number of fused-ring (bicyclic) bond motifs is 1. The summed E-state index contributed by atoms with van der Waals surface area (Å²) in [5.74, 6) is -0.389. The van der Waals surface area contributed by atoms with Gasteiger partial charge in [0, 0.05) is 23.7 Å². The summed E-state index contributed by atoms with van der Waals surface area (Å²) in [5, 5.41) is 8.41. The summed E-state index contributed by atoms with van der Waals surface area (Å²) < 4.78 is 21.5. The molecule has 106 valence electrons. The lowest BCUT2D eigenvalue weighted by Crippen LogP contribution is -2.27. The second-order valence-corrected chi connectivity index (χ2v) is 6.12. The van der Waals surface area contributed by atoms with Crippen LogP contribution in [0.1, 0.15) is 16.8 Å². The number of primary sulfonamides is 1. The summed E-state index contributed by atoms with van der Waals surface area (Å²) in [6.45, 7) is 0.264. The van der Waals surface area contributed by atoms with Crippen LogP contribution in [0.2, 0.25) is 0 Å². The summed E-state index contributed by atoms with van der Waals surface area (Å²) in [4.78, 5) is 16.1. The third-order valence-corrected chi connectivity index (χ3v) is 3.61. The number of nitrogens with one attached hydrogen (secondary N) is 1. The van der Waals surface area contributed by atoms with Crippen LogP contribution in [-0.4, -0.2) is 31.6 Å². The van der Waals surface area contributed by atoms with Gasteiger partial charge < -0.3 is 5.32 Å². The number of rotatable bonds is 5. The molecule has 1 heterocycles. The average Bonchev–Trinajstić information content (AvgIpc) is 2.42. The van der Waals surface area contributed by atoms with E-state index in [1.54, 1.807) is 30.5 Å². The number of aromatic nitrogens is 1. The van der Waals surface area contributed by atoms with Gasteiger partial charge in [0.1, 0.15) is 0 Å². The Labute approximate surface area is 117 Å². The van der Waals surface area contributed by atoms with Crippen LogP contribution in [0.15, 0.2) is 36.5 Å². The van der Waals surface area contributed by atoms with Crippen molar-refractivity contribution in [2.24, 2.45) is 5.14 Å². The van der Waals surface area contributed by atoms with Crippen molar-refractivity contribution in [2.75, 3.05) is 12.3 Å². The second-order valence-electron chi connectivity index (χ2n) is 4.39. The van der Waals surface area contributed by atoms with Crippen LogP contribution >= 0.6 is 0 Å². The lowest BCUT2D eigenvalue weighted by molar-refractivity contribution is 0.0954. The van der Waals surface area contributed by atoms with Crippen molar-refractivity contribution in [3.8, 4) is 0 Å². The highest BCUT2D eigenvalue weighted by molar-refractivity contribution is 7.89. The predicted octanol–water partition coefficient (Wildman–Crippen LogP) is 0.643. The van der Waals surface area contributed by atoms with Gasteiger partial charge in [0.15, 0.2) is 0 Å². The Bertz CT molecular complexity index is 728. The number of hydrogen-bond acceptors (Lipinski definition) is 4. The molecule has 0 unspecified atom stereocenters. The normalized spacial score (nSPS) is 11.4. The Hall–Kier alpha value is -1.99. The van der Waals surface area contributed by atoms with Crippen LogP contribution in [0.4, 0.5) is 0 Å². The van der Waals surface area contributed by atoms with Crippen molar-refractivity contribution in [2.45, 2.75) is 6.42 Å². The number of carbonyl (C=O) groups excluding carboxylic acids is 1. The van der Waals surface area contributed by atoms with E-state index in [9.17, 15) is 13.2 Å². The van der Waals surface area contributed by atoms with Crippen molar-refractivity contribution in [1.29, 1.82) is 0 Å². The number of pyridine rings is 1. The first-order valence-corrected chi connectivity index (χ1v) is 7.81. The van der Waals surface area contributed by atoms with Gasteiger partial charge in [0.05, 0.1) is 11.3 Å². The maximum Gasteiger partial charge on any atom is 0.251 e. The van der Waals surface area contributed by atoms with E-state index in [1.165, 1.54) is 0 Å². The highest BCUT2D eigenvalue weighted by Crippen LogP contribution is 2.13. The number of carbonyl (C=O) groups is 1. The van der Waals surface area contributed by atoms with E-state index in [0.717, 1.165) is 10.9 Å². The molecule has 1 aromatic heterocycles. The molecule has 3 N–H and O–H groups in total. The molecule has 0 atom stereocenters. The minimum absolute atomic E-state index is 0.144. The van der Waals surface area contributed by atoms with Crippen LogP contribution in [0.3, 0.4) is 0 Å². The van der Waals surface area contributed by atoms with Crippen molar-refractivity contribution in [3.05, 3.63) is 42.1 Å². The number of sulfonamides is 1.